The van der Waals surface area contributed by atoms with E-state index in [9.17, 15) is 0 Å². The number of rotatable bonds is 1. The maximum atomic E-state index is 4.41. The number of para-hydroxylation sites is 1. The van der Waals surface area contributed by atoms with Crippen molar-refractivity contribution in [3.63, 3.8) is 0 Å². The van der Waals surface area contributed by atoms with Crippen LogP contribution in [0.3, 0.4) is 0 Å². The van der Waals surface area contributed by atoms with Crippen LogP contribution in [0.15, 0.2) is 54.7 Å². The second-order valence-electron chi connectivity index (χ2n) is 3.95. The largest absolute Gasteiger partial charge is 0.233 e. The van der Waals surface area contributed by atoms with Gasteiger partial charge in [-0.3, -0.25) is 0 Å². The standard InChI is InChI=1S/C14H12N2/c1-11-6-8-13(9-7-11)16-14-5-3-2-4-12(14)10-15-16/h2-10H,1H3. The second kappa shape index (κ2) is 3.49. The predicted octanol–water partition coefficient (Wildman–Crippen LogP) is 3.33. The molecule has 0 fully saturated rings. The lowest BCUT2D eigenvalue weighted by Crippen LogP contribution is -1.95. The smallest absolute Gasteiger partial charge is 0.0741 e. The number of aromatic nitrogens is 2. The van der Waals surface area contributed by atoms with Crippen LogP contribution in [-0.4, -0.2) is 9.78 Å². The molecule has 3 rings (SSSR count). The Balaban J connectivity index is 2.22. The van der Waals surface area contributed by atoms with Crippen LogP contribution in [0.5, 0.6) is 0 Å². The lowest BCUT2D eigenvalue weighted by Gasteiger charge is -2.03. The fraction of sp³-hybridized carbons (Fsp3) is 0.0714. The molecular weight excluding hydrogens is 196 g/mol. The molecule has 2 heteroatoms. The van der Waals surface area contributed by atoms with Crippen LogP contribution >= 0.6 is 0 Å². The lowest BCUT2D eigenvalue weighted by molar-refractivity contribution is 0.910. The zero-order valence-corrected chi connectivity index (χ0v) is 9.09. The molecule has 0 unspecified atom stereocenters. The first-order valence-electron chi connectivity index (χ1n) is 5.34. The van der Waals surface area contributed by atoms with Gasteiger partial charge >= 0.3 is 0 Å². The van der Waals surface area contributed by atoms with Crippen molar-refractivity contribution in [2.24, 2.45) is 0 Å². The monoisotopic (exact) mass is 208 g/mol. The lowest BCUT2D eigenvalue weighted by atomic mass is 10.2. The normalized spacial score (nSPS) is 10.8. The Bertz CT molecular complexity index is 621. The molecule has 16 heavy (non-hydrogen) atoms. The fourth-order valence-electron chi connectivity index (χ4n) is 1.86. The molecule has 1 aromatic heterocycles. The third-order valence-corrected chi connectivity index (χ3v) is 2.76. The Morgan fingerprint density at radius 3 is 2.50 bits per heavy atom. The highest BCUT2D eigenvalue weighted by Crippen LogP contribution is 2.17. The van der Waals surface area contributed by atoms with Crippen LogP contribution in [0.4, 0.5) is 0 Å². The first-order valence-corrected chi connectivity index (χ1v) is 5.34. The van der Waals surface area contributed by atoms with Crippen molar-refractivity contribution < 1.29 is 0 Å². The molecule has 1 heterocycles. The van der Waals surface area contributed by atoms with Crippen molar-refractivity contribution in [3.8, 4) is 5.69 Å². The van der Waals surface area contributed by atoms with Gasteiger partial charge in [0.2, 0.25) is 0 Å². The van der Waals surface area contributed by atoms with E-state index < -0.39 is 0 Å². The summed E-state index contributed by atoms with van der Waals surface area (Å²) in [5, 5.41) is 5.58. The topological polar surface area (TPSA) is 17.8 Å². The molecule has 78 valence electrons. The van der Waals surface area contributed by atoms with E-state index in [2.05, 4.69) is 48.4 Å². The molecule has 0 aliphatic rings. The molecule has 0 bridgehead atoms. The zero-order chi connectivity index (χ0) is 11.0. The maximum Gasteiger partial charge on any atom is 0.0741 e. The van der Waals surface area contributed by atoms with E-state index in [4.69, 9.17) is 0 Å². The van der Waals surface area contributed by atoms with Crippen molar-refractivity contribution in [1.82, 2.24) is 9.78 Å². The average Bonchev–Trinajstić information content (AvgIpc) is 2.74. The predicted molar refractivity (Wildman–Crippen MR) is 65.8 cm³/mol. The molecule has 0 N–H and O–H groups in total. The second-order valence-corrected chi connectivity index (χ2v) is 3.95. The van der Waals surface area contributed by atoms with Gasteiger partial charge in [0.25, 0.3) is 0 Å². The van der Waals surface area contributed by atoms with E-state index in [-0.39, 0.29) is 0 Å². The molecule has 0 saturated carbocycles. The molecule has 0 saturated heterocycles. The summed E-state index contributed by atoms with van der Waals surface area (Å²) < 4.78 is 1.97. The van der Waals surface area contributed by atoms with E-state index in [1.807, 2.05) is 23.0 Å². The fourth-order valence-corrected chi connectivity index (χ4v) is 1.86. The highest BCUT2D eigenvalue weighted by Gasteiger charge is 2.02. The number of nitrogens with zero attached hydrogens (tertiary/aromatic N) is 2. The van der Waals surface area contributed by atoms with Crippen LogP contribution in [0.25, 0.3) is 16.6 Å². The van der Waals surface area contributed by atoms with Crippen LogP contribution in [0, 0.1) is 6.92 Å². The number of hydrogen-bond acceptors (Lipinski definition) is 1. The van der Waals surface area contributed by atoms with Crippen molar-refractivity contribution in [3.05, 3.63) is 60.3 Å². The van der Waals surface area contributed by atoms with Crippen molar-refractivity contribution in [2.75, 3.05) is 0 Å². The van der Waals surface area contributed by atoms with Crippen LogP contribution in [0.2, 0.25) is 0 Å². The number of fused-ring (bicyclic) bond motifs is 1. The molecule has 0 spiro atoms. The highest BCUT2D eigenvalue weighted by molar-refractivity contribution is 5.80. The van der Waals surface area contributed by atoms with Gasteiger partial charge in [0.1, 0.15) is 0 Å². The van der Waals surface area contributed by atoms with Gasteiger partial charge in [0.15, 0.2) is 0 Å². The van der Waals surface area contributed by atoms with Crippen molar-refractivity contribution in [1.29, 1.82) is 0 Å². The summed E-state index contributed by atoms with van der Waals surface area (Å²) in [6.07, 6.45) is 1.90. The number of hydrogen-bond donors (Lipinski definition) is 0. The van der Waals surface area contributed by atoms with Gasteiger partial charge in [-0.1, -0.05) is 35.9 Å². The SMILES string of the molecule is Cc1ccc(-n2ncc3ccccc32)cc1. The van der Waals surface area contributed by atoms with E-state index in [0.29, 0.717) is 0 Å². The third kappa shape index (κ3) is 1.39. The Kier molecular flexibility index (Phi) is 2.00. The minimum atomic E-state index is 1.10. The van der Waals surface area contributed by atoms with Gasteiger partial charge in [-0.05, 0) is 25.1 Å². The summed E-state index contributed by atoms with van der Waals surface area (Å²) in [4.78, 5) is 0. The van der Waals surface area contributed by atoms with Gasteiger partial charge in [-0.15, -0.1) is 0 Å². The van der Waals surface area contributed by atoms with Crippen molar-refractivity contribution >= 4 is 10.9 Å². The molecular formula is C14H12N2. The Labute approximate surface area is 94.1 Å². The minimum absolute atomic E-state index is 1.10. The minimum Gasteiger partial charge on any atom is -0.233 e. The molecule has 0 atom stereocenters. The number of benzene rings is 2. The summed E-state index contributed by atoms with van der Waals surface area (Å²) in [5.74, 6) is 0. The van der Waals surface area contributed by atoms with E-state index in [1.165, 1.54) is 10.9 Å². The molecule has 0 amide bonds. The Morgan fingerprint density at radius 1 is 0.938 bits per heavy atom. The van der Waals surface area contributed by atoms with Gasteiger partial charge < -0.3 is 0 Å². The quantitative estimate of drug-likeness (QED) is 0.599. The molecule has 2 nitrogen and oxygen atoms in total. The van der Waals surface area contributed by atoms with Crippen LogP contribution in [-0.2, 0) is 0 Å². The summed E-state index contributed by atoms with van der Waals surface area (Å²) in [6, 6.07) is 16.6. The summed E-state index contributed by atoms with van der Waals surface area (Å²) >= 11 is 0. The van der Waals surface area contributed by atoms with E-state index in [0.717, 1.165) is 11.2 Å². The Hall–Kier alpha value is -2.09. The maximum absolute atomic E-state index is 4.41. The van der Waals surface area contributed by atoms with Gasteiger partial charge in [0, 0.05) is 5.39 Å². The third-order valence-electron chi connectivity index (χ3n) is 2.76. The molecule has 0 radical (unpaired) electrons. The molecule has 3 aromatic rings. The van der Waals surface area contributed by atoms with Crippen molar-refractivity contribution in [2.45, 2.75) is 6.92 Å². The average molecular weight is 208 g/mol. The first-order chi connectivity index (χ1) is 7.84. The Morgan fingerprint density at radius 2 is 1.69 bits per heavy atom. The summed E-state index contributed by atoms with van der Waals surface area (Å²) in [7, 11) is 0. The van der Waals surface area contributed by atoms with Crippen LogP contribution in [0.1, 0.15) is 5.56 Å². The first kappa shape index (κ1) is 9.16. The van der Waals surface area contributed by atoms with E-state index >= 15 is 0 Å². The van der Waals surface area contributed by atoms with Gasteiger partial charge in [-0.2, -0.15) is 5.10 Å². The molecule has 0 aliphatic carbocycles. The number of aryl methyl sites for hydroxylation is 1. The van der Waals surface area contributed by atoms with E-state index in [1.54, 1.807) is 0 Å². The molecule has 2 aromatic carbocycles. The highest BCUT2D eigenvalue weighted by atomic mass is 15.3. The van der Waals surface area contributed by atoms with Crippen LogP contribution < -0.4 is 0 Å². The molecule has 0 aliphatic heterocycles. The van der Waals surface area contributed by atoms with Gasteiger partial charge in [-0.25, -0.2) is 4.68 Å². The zero-order valence-electron chi connectivity index (χ0n) is 9.09. The van der Waals surface area contributed by atoms with Gasteiger partial charge in [0.05, 0.1) is 17.4 Å². The summed E-state index contributed by atoms with van der Waals surface area (Å²) in [6.45, 7) is 2.09. The summed E-state index contributed by atoms with van der Waals surface area (Å²) in [5.41, 5.74) is 3.51.